The Kier molecular flexibility index (Phi) is 4.57. The lowest BCUT2D eigenvalue weighted by atomic mass is 9.92. The van der Waals surface area contributed by atoms with Gasteiger partial charge in [0.05, 0.1) is 11.7 Å². The van der Waals surface area contributed by atoms with Crippen molar-refractivity contribution in [2.24, 2.45) is 0 Å². The third kappa shape index (κ3) is 2.88. The molecular formula is C22H22O2. The van der Waals surface area contributed by atoms with Crippen LogP contribution in [0.3, 0.4) is 0 Å². The van der Waals surface area contributed by atoms with Crippen molar-refractivity contribution in [3.05, 3.63) is 72.8 Å². The van der Waals surface area contributed by atoms with Crippen LogP contribution in [0.15, 0.2) is 67.3 Å². The first-order chi connectivity index (χ1) is 11.6. The summed E-state index contributed by atoms with van der Waals surface area (Å²) in [6, 6.07) is 17.8. The highest BCUT2D eigenvalue weighted by Crippen LogP contribution is 2.46. The Morgan fingerprint density at radius 1 is 1.00 bits per heavy atom. The van der Waals surface area contributed by atoms with Crippen molar-refractivity contribution in [1.82, 2.24) is 0 Å². The van der Waals surface area contributed by atoms with Crippen LogP contribution in [0, 0.1) is 0 Å². The maximum Gasteiger partial charge on any atom is 0.135 e. The Balaban J connectivity index is 2.43. The Hall–Kier alpha value is -2.74. The van der Waals surface area contributed by atoms with Gasteiger partial charge >= 0.3 is 0 Å². The average Bonchev–Trinajstić information content (AvgIpc) is 2.59. The largest absolute Gasteiger partial charge is 0.507 e. The van der Waals surface area contributed by atoms with E-state index in [-0.39, 0.29) is 11.9 Å². The predicted octanol–water partition coefficient (Wildman–Crippen LogP) is 5.73. The lowest BCUT2D eigenvalue weighted by Crippen LogP contribution is -2.09. The van der Waals surface area contributed by atoms with Gasteiger partial charge in [-0.15, -0.1) is 6.58 Å². The summed E-state index contributed by atoms with van der Waals surface area (Å²) >= 11 is 0. The average molecular weight is 318 g/mol. The number of hydrogen-bond acceptors (Lipinski definition) is 2. The van der Waals surface area contributed by atoms with Gasteiger partial charge in [-0.3, -0.25) is 0 Å². The van der Waals surface area contributed by atoms with Crippen LogP contribution in [-0.2, 0) is 6.42 Å². The van der Waals surface area contributed by atoms with Gasteiger partial charge in [0.2, 0.25) is 0 Å². The number of allylic oxidation sites excluding steroid dienone is 1. The van der Waals surface area contributed by atoms with E-state index in [0.717, 1.165) is 33.2 Å². The molecule has 0 radical (unpaired) electrons. The standard InChI is InChI=1S/C22H22O2/c1-4-10-19-17-13-8-9-14-18(17)21(23)20(22(19)24-15(2)3)16-11-6-5-7-12-16/h4-9,11-15,23H,1,10H2,2-3H3. The summed E-state index contributed by atoms with van der Waals surface area (Å²) in [4.78, 5) is 0. The van der Waals surface area contributed by atoms with Crippen LogP contribution in [0.25, 0.3) is 21.9 Å². The topological polar surface area (TPSA) is 29.5 Å². The molecular weight excluding hydrogens is 296 g/mol. The van der Waals surface area contributed by atoms with Crippen LogP contribution in [0.4, 0.5) is 0 Å². The van der Waals surface area contributed by atoms with Crippen LogP contribution in [0.1, 0.15) is 19.4 Å². The molecule has 0 saturated carbocycles. The molecule has 0 bridgehead atoms. The third-order valence-corrected chi connectivity index (χ3v) is 4.01. The fourth-order valence-electron chi connectivity index (χ4n) is 3.05. The molecule has 0 aliphatic carbocycles. The van der Waals surface area contributed by atoms with Crippen molar-refractivity contribution in [1.29, 1.82) is 0 Å². The van der Waals surface area contributed by atoms with E-state index < -0.39 is 0 Å². The van der Waals surface area contributed by atoms with Crippen molar-refractivity contribution in [3.8, 4) is 22.6 Å². The second-order valence-corrected chi connectivity index (χ2v) is 6.10. The van der Waals surface area contributed by atoms with E-state index in [2.05, 4.69) is 6.58 Å². The first kappa shape index (κ1) is 16.1. The predicted molar refractivity (Wildman–Crippen MR) is 101 cm³/mol. The summed E-state index contributed by atoms with van der Waals surface area (Å²) < 4.78 is 6.16. The van der Waals surface area contributed by atoms with Crippen molar-refractivity contribution in [2.75, 3.05) is 0 Å². The first-order valence-electron chi connectivity index (χ1n) is 8.23. The van der Waals surface area contributed by atoms with Gasteiger partial charge in [0, 0.05) is 10.9 Å². The molecule has 0 heterocycles. The van der Waals surface area contributed by atoms with Crippen LogP contribution < -0.4 is 4.74 Å². The molecule has 1 N–H and O–H groups in total. The van der Waals surface area contributed by atoms with Gasteiger partial charge in [0.25, 0.3) is 0 Å². The van der Waals surface area contributed by atoms with E-state index in [1.165, 1.54) is 0 Å². The maximum absolute atomic E-state index is 11.0. The number of benzene rings is 3. The van der Waals surface area contributed by atoms with Crippen LogP contribution in [0.2, 0.25) is 0 Å². The number of phenolic OH excluding ortho intramolecular Hbond substituents is 1. The second kappa shape index (κ2) is 6.79. The molecule has 0 aliphatic rings. The van der Waals surface area contributed by atoms with Gasteiger partial charge in [0.1, 0.15) is 11.5 Å². The van der Waals surface area contributed by atoms with Gasteiger partial charge in [-0.2, -0.15) is 0 Å². The number of ether oxygens (including phenoxy) is 1. The van der Waals surface area contributed by atoms with Crippen molar-refractivity contribution < 1.29 is 9.84 Å². The van der Waals surface area contributed by atoms with Crippen LogP contribution in [0.5, 0.6) is 11.5 Å². The highest BCUT2D eigenvalue weighted by atomic mass is 16.5. The molecule has 24 heavy (non-hydrogen) atoms. The fourth-order valence-corrected chi connectivity index (χ4v) is 3.05. The summed E-state index contributed by atoms with van der Waals surface area (Å²) in [5.41, 5.74) is 2.76. The molecule has 2 heteroatoms. The molecule has 3 aromatic rings. The monoisotopic (exact) mass is 318 g/mol. The van der Waals surface area contributed by atoms with Crippen molar-refractivity contribution >= 4 is 10.8 Å². The van der Waals surface area contributed by atoms with Gasteiger partial charge in [0.15, 0.2) is 0 Å². The normalized spacial score (nSPS) is 11.0. The maximum atomic E-state index is 11.0. The quantitative estimate of drug-likeness (QED) is 0.609. The van der Waals surface area contributed by atoms with Crippen molar-refractivity contribution in [3.63, 3.8) is 0 Å². The van der Waals surface area contributed by atoms with Gasteiger partial charge in [-0.1, -0.05) is 60.7 Å². The molecule has 0 atom stereocenters. The van der Waals surface area contributed by atoms with Crippen molar-refractivity contribution in [2.45, 2.75) is 26.4 Å². The highest BCUT2D eigenvalue weighted by Gasteiger charge is 2.21. The number of rotatable bonds is 5. The van der Waals surface area contributed by atoms with E-state index in [9.17, 15) is 5.11 Å². The van der Waals surface area contributed by atoms with E-state index in [1.807, 2.05) is 74.5 Å². The minimum Gasteiger partial charge on any atom is -0.507 e. The van der Waals surface area contributed by atoms with Crippen LogP contribution >= 0.6 is 0 Å². The number of phenols is 1. The zero-order valence-corrected chi connectivity index (χ0v) is 14.1. The lowest BCUT2D eigenvalue weighted by Gasteiger charge is -2.21. The summed E-state index contributed by atoms with van der Waals surface area (Å²) in [5, 5.41) is 12.8. The first-order valence-corrected chi connectivity index (χ1v) is 8.23. The molecule has 0 amide bonds. The summed E-state index contributed by atoms with van der Waals surface area (Å²) in [6.45, 7) is 7.89. The molecule has 0 unspecified atom stereocenters. The SMILES string of the molecule is C=CCc1c(OC(C)C)c(-c2ccccc2)c(O)c2ccccc12. The third-order valence-electron chi connectivity index (χ3n) is 4.01. The van der Waals surface area contributed by atoms with Crippen LogP contribution in [-0.4, -0.2) is 11.2 Å². The molecule has 2 nitrogen and oxygen atoms in total. The number of aromatic hydroxyl groups is 1. The molecule has 0 spiro atoms. The summed E-state index contributed by atoms with van der Waals surface area (Å²) in [6.07, 6.45) is 2.57. The summed E-state index contributed by atoms with van der Waals surface area (Å²) in [7, 11) is 0. The van der Waals surface area contributed by atoms with Gasteiger partial charge in [-0.25, -0.2) is 0 Å². The van der Waals surface area contributed by atoms with E-state index in [1.54, 1.807) is 0 Å². The van der Waals surface area contributed by atoms with E-state index in [0.29, 0.717) is 6.42 Å². The minimum atomic E-state index is 0.0107. The Morgan fingerprint density at radius 3 is 2.25 bits per heavy atom. The van der Waals surface area contributed by atoms with E-state index >= 15 is 0 Å². The lowest BCUT2D eigenvalue weighted by molar-refractivity contribution is 0.241. The zero-order chi connectivity index (χ0) is 17.1. The van der Waals surface area contributed by atoms with Gasteiger partial charge < -0.3 is 9.84 Å². The second-order valence-electron chi connectivity index (χ2n) is 6.10. The number of hydrogen-bond donors (Lipinski definition) is 1. The number of fused-ring (bicyclic) bond motifs is 1. The molecule has 3 rings (SSSR count). The molecule has 122 valence electrons. The molecule has 0 aliphatic heterocycles. The molecule has 3 aromatic carbocycles. The minimum absolute atomic E-state index is 0.0107. The fraction of sp³-hybridized carbons (Fsp3) is 0.182. The molecule has 0 fully saturated rings. The Labute approximate surface area is 143 Å². The Morgan fingerprint density at radius 2 is 1.62 bits per heavy atom. The van der Waals surface area contributed by atoms with E-state index in [4.69, 9.17) is 4.74 Å². The summed E-state index contributed by atoms with van der Waals surface area (Å²) in [5.74, 6) is 1.01. The zero-order valence-electron chi connectivity index (χ0n) is 14.1. The molecule has 0 saturated heterocycles. The Bertz CT molecular complexity index is 864. The molecule has 0 aromatic heterocycles. The van der Waals surface area contributed by atoms with Gasteiger partial charge in [-0.05, 0) is 31.2 Å². The smallest absolute Gasteiger partial charge is 0.135 e. The highest BCUT2D eigenvalue weighted by molar-refractivity contribution is 6.00.